The van der Waals surface area contributed by atoms with E-state index in [0.29, 0.717) is 12.1 Å². The molecule has 2 rings (SSSR count). The molecular formula is C16H14BrNO. The van der Waals surface area contributed by atoms with E-state index < -0.39 is 0 Å². The van der Waals surface area contributed by atoms with E-state index in [1.54, 1.807) is 6.20 Å². The number of hydrogen-bond donors (Lipinski definition) is 1. The number of carbonyl (C=O) groups is 1. The maximum absolute atomic E-state index is 11.6. The molecule has 0 amide bonds. The van der Waals surface area contributed by atoms with Gasteiger partial charge in [-0.1, -0.05) is 60.7 Å². The van der Waals surface area contributed by atoms with Crippen molar-refractivity contribution in [2.75, 3.05) is 0 Å². The number of rotatable bonds is 5. The van der Waals surface area contributed by atoms with E-state index in [-0.39, 0.29) is 4.69 Å². The number of benzene rings is 2. The van der Waals surface area contributed by atoms with Gasteiger partial charge in [-0.2, -0.15) is 0 Å². The molecule has 1 N–H and O–H groups in total. The SMILES string of the molecule is O=C(Br)C(=CNCc1ccccc1)c1ccccc1. The fourth-order valence-corrected chi connectivity index (χ4v) is 2.08. The average molecular weight is 316 g/mol. The topological polar surface area (TPSA) is 29.1 Å². The third-order valence-electron chi connectivity index (χ3n) is 2.69. The van der Waals surface area contributed by atoms with Crippen LogP contribution in [-0.2, 0) is 11.3 Å². The summed E-state index contributed by atoms with van der Waals surface area (Å²) in [7, 11) is 0. The molecule has 0 aliphatic carbocycles. The molecule has 0 heterocycles. The summed E-state index contributed by atoms with van der Waals surface area (Å²) in [5, 5.41) is 3.17. The van der Waals surface area contributed by atoms with Gasteiger partial charge >= 0.3 is 0 Å². The first-order valence-electron chi connectivity index (χ1n) is 6.00. The zero-order chi connectivity index (χ0) is 13.5. The molecule has 2 nitrogen and oxygen atoms in total. The molecule has 0 aliphatic heterocycles. The van der Waals surface area contributed by atoms with Gasteiger partial charge < -0.3 is 5.32 Å². The molecule has 0 fully saturated rings. The molecule has 0 saturated heterocycles. The van der Waals surface area contributed by atoms with Crippen molar-refractivity contribution in [3.8, 4) is 0 Å². The van der Waals surface area contributed by atoms with Gasteiger partial charge in [0, 0.05) is 12.7 Å². The second kappa shape index (κ2) is 6.90. The van der Waals surface area contributed by atoms with E-state index >= 15 is 0 Å². The summed E-state index contributed by atoms with van der Waals surface area (Å²) < 4.78 is -0.126. The number of halogens is 1. The molecule has 2 aromatic carbocycles. The van der Waals surface area contributed by atoms with Crippen LogP contribution in [0.3, 0.4) is 0 Å². The Kier molecular flexibility index (Phi) is 4.93. The third-order valence-corrected chi connectivity index (χ3v) is 3.12. The first-order chi connectivity index (χ1) is 9.27. The maximum atomic E-state index is 11.6. The lowest BCUT2D eigenvalue weighted by atomic mass is 10.1. The monoisotopic (exact) mass is 315 g/mol. The highest BCUT2D eigenvalue weighted by molar-refractivity contribution is 9.18. The number of allylic oxidation sites excluding steroid dienone is 1. The van der Waals surface area contributed by atoms with Crippen LogP contribution in [-0.4, -0.2) is 4.69 Å². The normalized spacial score (nSPS) is 11.1. The van der Waals surface area contributed by atoms with E-state index in [2.05, 4.69) is 21.2 Å². The van der Waals surface area contributed by atoms with Crippen molar-refractivity contribution in [2.24, 2.45) is 0 Å². The minimum absolute atomic E-state index is 0.126. The second-order valence-corrected chi connectivity index (χ2v) is 4.78. The van der Waals surface area contributed by atoms with Crippen LogP contribution in [0.4, 0.5) is 0 Å². The van der Waals surface area contributed by atoms with Crippen molar-refractivity contribution in [1.82, 2.24) is 5.32 Å². The Bertz CT molecular complexity index is 564. The Morgan fingerprint density at radius 2 is 1.58 bits per heavy atom. The highest BCUT2D eigenvalue weighted by Gasteiger charge is 2.07. The zero-order valence-corrected chi connectivity index (χ0v) is 11.9. The van der Waals surface area contributed by atoms with Gasteiger partial charge in [-0.05, 0) is 27.1 Å². The Morgan fingerprint density at radius 3 is 2.16 bits per heavy atom. The van der Waals surface area contributed by atoms with Gasteiger partial charge in [0.25, 0.3) is 0 Å². The summed E-state index contributed by atoms with van der Waals surface area (Å²) in [5.74, 6) is 0. The van der Waals surface area contributed by atoms with Crippen molar-refractivity contribution in [2.45, 2.75) is 6.54 Å². The predicted molar refractivity (Wildman–Crippen MR) is 81.6 cm³/mol. The van der Waals surface area contributed by atoms with Crippen molar-refractivity contribution in [1.29, 1.82) is 0 Å². The fraction of sp³-hybridized carbons (Fsp3) is 0.0625. The van der Waals surface area contributed by atoms with Gasteiger partial charge in [0.15, 0.2) is 0 Å². The lowest BCUT2D eigenvalue weighted by molar-refractivity contribution is -0.105. The lowest BCUT2D eigenvalue weighted by Crippen LogP contribution is -2.07. The molecule has 0 unspecified atom stereocenters. The first-order valence-corrected chi connectivity index (χ1v) is 6.79. The molecule has 3 heteroatoms. The summed E-state index contributed by atoms with van der Waals surface area (Å²) in [5.41, 5.74) is 2.69. The van der Waals surface area contributed by atoms with E-state index in [9.17, 15) is 4.79 Å². The minimum atomic E-state index is -0.126. The van der Waals surface area contributed by atoms with E-state index in [1.165, 1.54) is 5.56 Å². The van der Waals surface area contributed by atoms with E-state index in [0.717, 1.165) is 5.56 Å². The molecule has 0 aromatic heterocycles. The van der Waals surface area contributed by atoms with Crippen molar-refractivity contribution < 1.29 is 4.79 Å². The van der Waals surface area contributed by atoms with Gasteiger partial charge in [0.2, 0.25) is 4.69 Å². The molecule has 0 bridgehead atoms. The maximum Gasteiger partial charge on any atom is 0.230 e. The number of hydrogen-bond acceptors (Lipinski definition) is 2. The highest BCUT2D eigenvalue weighted by atomic mass is 79.9. The molecule has 0 atom stereocenters. The Labute approximate surface area is 121 Å². The third kappa shape index (κ3) is 4.07. The van der Waals surface area contributed by atoms with Crippen molar-refractivity contribution in [3.05, 3.63) is 78.0 Å². The van der Waals surface area contributed by atoms with Crippen molar-refractivity contribution in [3.63, 3.8) is 0 Å². The average Bonchev–Trinajstić information content (AvgIpc) is 2.45. The Balaban J connectivity index is 2.08. The summed E-state index contributed by atoms with van der Waals surface area (Å²) >= 11 is 3.02. The van der Waals surface area contributed by atoms with Gasteiger partial charge in [0.05, 0.1) is 5.57 Å². The van der Waals surface area contributed by atoms with Gasteiger partial charge in [0.1, 0.15) is 0 Å². The quantitative estimate of drug-likeness (QED) is 0.672. The predicted octanol–water partition coefficient (Wildman–Crippen LogP) is 3.74. The van der Waals surface area contributed by atoms with Crippen molar-refractivity contribution >= 4 is 26.2 Å². The van der Waals surface area contributed by atoms with E-state index in [1.807, 2.05) is 60.7 Å². The largest absolute Gasteiger partial charge is 0.386 e. The Morgan fingerprint density at radius 1 is 1.00 bits per heavy atom. The molecular weight excluding hydrogens is 302 g/mol. The molecule has 96 valence electrons. The van der Waals surface area contributed by atoms with Gasteiger partial charge in [-0.3, -0.25) is 4.79 Å². The highest BCUT2D eigenvalue weighted by Crippen LogP contribution is 2.17. The van der Waals surface area contributed by atoms with Crippen LogP contribution in [0.5, 0.6) is 0 Å². The summed E-state index contributed by atoms with van der Waals surface area (Å²) in [6, 6.07) is 19.6. The van der Waals surface area contributed by atoms with Gasteiger partial charge in [-0.25, -0.2) is 0 Å². The number of nitrogens with one attached hydrogen (secondary N) is 1. The number of carbonyl (C=O) groups excluding carboxylic acids is 1. The second-order valence-electron chi connectivity index (χ2n) is 4.06. The zero-order valence-electron chi connectivity index (χ0n) is 10.3. The standard InChI is InChI=1S/C16H14BrNO/c17-16(19)15(14-9-5-2-6-10-14)12-18-11-13-7-3-1-4-8-13/h1-10,12,18H,11H2. The molecule has 2 aromatic rings. The molecule has 0 spiro atoms. The van der Waals surface area contributed by atoms with Crippen LogP contribution in [0.2, 0.25) is 0 Å². The van der Waals surface area contributed by atoms with Crippen LogP contribution in [0, 0.1) is 0 Å². The molecule has 19 heavy (non-hydrogen) atoms. The molecule has 0 radical (unpaired) electrons. The van der Waals surface area contributed by atoms with Crippen LogP contribution < -0.4 is 5.32 Å². The summed E-state index contributed by atoms with van der Waals surface area (Å²) in [4.78, 5) is 11.6. The van der Waals surface area contributed by atoms with Crippen LogP contribution in [0.1, 0.15) is 11.1 Å². The Hall–Kier alpha value is -1.87. The summed E-state index contributed by atoms with van der Waals surface area (Å²) in [6.07, 6.45) is 1.75. The minimum Gasteiger partial charge on any atom is -0.386 e. The molecule has 0 saturated carbocycles. The lowest BCUT2D eigenvalue weighted by Gasteiger charge is -2.05. The summed E-state index contributed by atoms with van der Waals surface area (Å²) in [6.45, 7) is 0.692. The van der Waals surface area contributed by atoms with Gasteiger partial charge in [-0.15, -0.1) is 0 Å². The van der Waals surface area contributed by atoms with Crippen LogP contribution >= 0.6 is 15.9 Å². The van der Waals surface area contributed by atoms with E-state index in [4.69, 9.17) is 0 Å². The smallest absolute Gasteiger partial charge is 0.230 e. The first kappa shape index (κ1) is 13.6. The molecule has 0 aliphatic rings. The van der Waals surface area contributed by atoms with Crippen LogP contribution in [0.25, 0.3) is 5.57 Å². The van der Waals surface area contributed by atoms with Crippen LogP contribution in [0.15, 0.2) is 66.9 Å². The fourth-order valence-electron chi connectivity index (χ4n) is 1.74.